The highest BCUT2D eigenvalue weighted by Crippen LogP contribution is 2.40. The minimum absolute atomic E-state index is 0.395. The van der Waals surface area contributed by atoms with E-state index in [1.54, 1.807) is 0 Å². The summed E-state index contributed by atoms with van der Waals surface area (Å²) in [5, 5.41) is 0. The van der Waals surface area contributed by atoms with Crippen molar-refractivity contribution >= 4 is 0 Å². The Hall–Kier alpha value is -0.780. The van der Waals surface area contributed by atoms with Crippen LogP contribution in [0.3, 0.4) is 0 Å². The molecule has 380 valence electrons. The summed E-state index contributed by atoms with van der Waals surface area (Å²) < 4.78 is 0. The Bertz CT molecular complexity index is 1190. The summed E-state index contributed by atoms with van der Waals surface area (Å²) in [5.74, 6) is 3.66. The highest BCUT2D eigenvalue weighted by Gasteiger charge is 2.28. The van der Waals surface area contributed by atoms with Crippen LogP contribution < -0.4 is 0 Å². The lowest BCUT2D eigenvalue weighted by atomic mass is 9.71. The molecule has 0 nitrogen and oxygen atoms in total. The molecule has 2 aliphatic rings. The summed E-state index contributed by atoms with van der Waals surface area (Å²) in [6.07, 6.45) is 17.0. The van der Waals surface area contributed by atoms with Crippen LogP contribution in [-0.4, -0.2) is 0 Å². The molecule has 2 aliphatic carbocycles. The SMILES string of the molecule is CC(C)(C)C(C)(C)C.CC(C)(C)C1CCCC1.CC(C)(C)C1CCCCC1.CC(C)(C)CC(C)(C)C.CC(C)C(C)(C)C.CCC(C)C(C)(C)C.Cc1ccccc1CC(C)(C)C. The summed E-state index contributed by atoms with van der Waals surface area (Å²) in [5.41, 5.74) is 7.28. The zero-order valence-electron chi connectivity index (χ0n) is 50.6. The summed E-state index contributed by atoms with van der Waals surface area (Å²) in [6.45, 7) is 73.3. The molecule has 0 aromatic heterocycles. The Kier molecular flexibility index (Phi) is 31.9. The van der Waals surface area contributed by atoms with Gasteiger partial charge in [0.05, 0.1) is 0 Å². The van der Waals surface area contributed by atoms with Crippen molar-refractivity contribution in [1.82, 2.24) is 0 Å². The fourth-order valence-electron chi connectivity index (χ4n) is 7.34. The van der Waals surface area contributed by atoms with E-state index in [1.165, 1.54) is 88.2 Å². The van der Waals surface area contributed by atoms with Crippen LogP contribution >= 0.6 is 0 Å². The lowest BCUT2D eigenvalue weighted by Gasteiger charge is -2.34. The molecule has 1 aromatic rings. The summed E-state index contributed by atoms with van der Waals surface area (Å²) in [7, 11) is 0. The molecule has 1 aromatic carbocycles. The Balaban J connectivity index is -0.000000325. The van der Waals surface area contributed by atoms with E-state index < -0.39 is 0 Å². The second kappa shape index (κ2) is 29.2. The Morgan fingerprint density at radius 1 is 0.444 bits per heavy atom. The van der Waals surface area contributed by atoms with Gasteiger partial charge >= 0.3 is 0 Å². The maximum Gasteiger partial charge on any atom is -0.0227 e. The Morgan fingerprint density at radius 3 is 0.905 bits per heavy atom. The van der Waals surface area contributed by atoms with Gasteiger partial charge in [-0.05, 0) is 129 Å². The van der Waals surface area contributed by atoms with Gasteiger partial charge in [-0.15, -0.1) is 0 Å². The quantitative estimate of drug-likeness (QED) is 0.278. The van der Waals surface area contributed by atoms with Crippen molar-refractivity contribution in [2.24, 2.45) is 72.4 Å². The monoisotopic (exact) mass is 885 g/mol. The molecule has 0 spiro atoms. The predicted octanol–water partition coefficient (Wildman–Crippen LogP) is 22.7. The van der Waals surface area contributed by atoms with Crippen LogP contribution in [0.2, 0.25) is 0 Å². The number of aryl methyl sites for hydroxylation is 1. The van der Waals surface area contributed by atoms with E-state index >= 15 is 0 Å². The minimum atomic E-state index is 0.395. The molecule has 0 aliphatic heterocycles. The highest BCUT2D eigenvalue weighted by molar-refractivity contribution is 5.26. The van der Waals surface area contributed by atoms with Gasteiger partial charge in [-0.2, -0.15) is 0 Å². The maximum absolute atomic E-state index is 2.38. The largest absolute Gasteiger partial charge is 0.0651 e. The van der Waals surface area contributed by atoms with Crippen molar-refractivity contribution in [2.45, 2.75) is 299 Å². The molecule has 1 atom stereocenters. The third-order valence-corrected chi connectivity index (χ3v) is 14.5. The first-order chi connectivity index (χ1) is 27.6. The predicted molar refractivity (Wildman–Crippen MR) is 297 cm³/mol. The molecular formula is C63H128. The molecular weight excluding hydrogens is 757 g/mol. The molecule has 2 saturated carbocycles. The van der Waals surface area contributed by atoms with Gasteiger partial charge in [-0.1, -0.05) is 277 Å². The molecule has 0 N–H and O–H groups in total. The average Bonchev–Trinajstić information content (AvgIpc) is 3.60. The standard InChI is InChI=1S/C12H18.C10H20.C9H18.C9H20.2C8H18.C7H16/c1-10-7-5-6-8-11(10)9-12(2,3)4;1-10(2,3)9-7-5-4-6-8-9;1-9(2,3)8-6-4-5-7-8;1-8(2,3)7-9(4,5)6;1-7(2,3)8(4,5)6;1-6-7(2)8(3,4)5;1-6(2)7(3,4)5/h5-8H,9H2,1-4H3;9H,4-8H2,1-3H3;8H,4-7H2,1-3H3;7H2,1-6H3;1-6H3;7H,6H2,1-5H3;6H,1-5H3. The maximum atomic E-state index is 2.38. The van der Waals surface area contributed by atoms with Crippen molar-refractivity contribution in [2.75, 3.05) is 0 Å². The van der Waals surface area contributed by atoms with Gasteiger partial charge in [-0.25, -0.2) is 0 Å². The lowest BCUT2D eigenvalue weighted by molar-refractivity contribution is 0.157. The summed E-state index contributed by atoms with van der Waals surface area (Å²) >= 11 is 0. The molecule has 0 amide bonds. The topological polar surface area (TPSA) is 0 Å². The molecule has 3 rings (SSSR count). The van der Waals surface area contributed by atoms with Gasteiger partial charge in [0, 0.05) is 0 Å². The lowest BCUT2D eigenvalue weighted by Crippen LogP contribution is -2.25. The molecule has 0 saturated heterocycles. The van der Waals surface area contributed by atoms with Crippen molar-refractivity contribution in [1.29, 1.82) is 0 Å². The minimum Gasteiger partial charge on any atom is -0.0651 e. The fourth-order valence-corrected chi connectivity index (χ4v) is 7.34. The van der Waals surface area contributed by atoms with E-state index in [0.717, 1.165) is 23.7 Å². The molecule has 2 fully saturated rings. The first-order valence-corrected chi connectivity index (χ1v) is 26.6. The molecule has 0 heteroatoms. The van der Waals surface area contributed by atoms with Crippen molar-refractivity contribution in [3.8, 4) is 0 Å². The van der Waals surface area contributed by atoms with Crippen LogP contribution in [0.4, 0.5) is 0 Å². The summed E-state index contributed by atoms with van der Waals surface area (Å²) in [6, 6.07) is 8.62. The van der Waals surface area contributed by atoms with Crippen LogP contribution in [0.15, 0.2) is 24.3 Å². The van der Waals surface area contributed by atoms with Gasteiger partial charge in [0.1, 0.15) is 0 Å². The van der Waals surface area contributed by atoms with Crippen molar-refractivity contribution in [3.05, 3.63) is 35.4 Å². The van der Waals surface area contributed by atoms with E-state index in [1.807, 2.05) is 0 Å². The van der Waals surface area contributed by atoms with E-state index in [-0.39, 0.29) is 0 Å². The van der Waals surface area contributed by atoms with Crippen LogP contribution in [0.1, 0.15) is 296 Å². The molecule has 0 bridgehead atoms. The molecule has 0 heterocycles. The van der Waals surface area contributed by atoms with E-state index in [2.05, 4.69) is 246 Å². The number of rotatable bonds is 2. The highest BCUT2D eigenvalue weighted by atomic mass is 14.3. The normalized spacial score (nSPS) is 16.5. The average molecular weight is 886 g/mol. The second-order valence-electron chi connectivity index (χ2n) is 30.7. The van der Waals surface area contributed by atoms with Gasteiger partial charge in [0.25, 0.3) is 0 Å². The van der Waals surface area contributed by atoms with Crippen LogP contribution in [0.25, 0.3) is 0 Å². The van der Waals surface area contributed by atoms with Gasteiger partial charge in [0.2, 0.25) is 0 Å². The zero-order valence-corrected chi connectivity index (χ0v) is 50.6. The number of hydrogen-bond donors (Lipinski definition) is 0. The first kappa shape index (κ1) is 68.8. The molecule has 63 heavy (non-hydrogen) atoms. The van der Waals surface area contributed by atoms with E-state index in [4.69, 9.17) is 0 Å². The van der Waals surface area contributed by atoms with Gasteiger partial charge < -0.3 is 0 Å². The number of hydrogen-bond acceptors (Lipinski definition) is 0. The summed E-state index contributed by atoms with van der Waals surface area (Å²) in [4.78, 5) is 0. The Labute approximate surface area is 404 Å². The van der Waals surface area contributed by atoms with Crippen LogP contribution in [0.5, 0.6) is 0 Å². The third kappa shape index (κ3) is 42.3. The van der Waals surface area contributed by atoms with Gasteiger partial charge in [0.15, 0.2) is 0 Å². The first-order valence-electron chi connectivity index (χ1n) is 26.6. The van der Waals surface area contributed by atoms with Gasteiger partial charge in [-0.3, -0.25) is 0 Å². The second-order valence-corrected chi connectivity index (χ2v) is 30.7. The fraction of sp³-hybridized carbons (Fsp3) is 0.905. The van der Waals surface area contributed by atoms with E-state index in [0.29, 0.717) is 48.7 Å². The number of benzene rings is 1. The Morgan fingerprint density at radius 2 is 0.746 bits per heavy atom. The molecule has 0 radical (unpaired) electrons. The third-order valence-electron chi connectivity index (χ3n) is 14.5. The van der Waals surface area contributed by atoms with Crippen LogP contribution in [-0.2, 0) is 6.42 Å². The smallest absolute Gasteiger partial charge is 0.0227 e. The molecule has 1 unspecified atom stereocenters. The van der Waals surface area contributed by atoms with Crippen molar-refractivity contribution < 1.29 is 0 Å². The van der Waals surface area contributed by atoms with E-state index in [9.17, 15) is 0 Å². The van der Waals surface area contributed by atoms with Crippen LogP contribution in [0, 0.1) is 79.3 Å². The zero-order chi connectivity index (χ0) is 51.3. The van der Waals surface area contributed by atoms with Crippen molar-refractivity contribution in [3.63, 3.8) is 0 Å².